The maximum Gasteiger partial charge on any atom is 0.137 e. The van der Waals surface area contributed by atoms with Gasteiger partial charge in [-0.05, 0) is 48.8 Å². The van der Waals surface area contributed by atoms with E-state index >= 15 is 0 Å². The molecule has 0 saturated heterocycles. The first kappa shape index (κ1) is 13.8. The van der Waals surface area contributed by atoms with Crippen LogP contribution >= 0.6 is 11.6 Å². The molecule has 0 radical (unpaired) electrons. The molecule has 20 heavy (non-hydrogen) atoms. The van der Waals surface area contributed by atoms with Crippen LogP contribution in [0.3, 0.4) is 0 Å². The second-order valence-electron chi connectivity index (χ2n) is 6.97. The van der Waals surface area contributed by atoms with Crippen LogP contribution in [0, 0.1) is 28.1 Å². The fourth-order valence-corrected chi connectivity index (χ4v) is 4.33. The molecule has 0 aliphatic heterocycles. The van der Waals surface area contributed by atoms with E-state index in [1.807, 2.05) is 6.07 Å². The van der Waals surface area contributed by atoms with E-state index in [1.54, 1.807) is 12.1 Å². The summed E-state index contributed by atoms with van der Waals surface area (Å²) in [6.07, 6.45) is 3.81. The van der Waals surface area contributed by atoms with Gasteiger partial charge in [0, 0.05) is 10.4 Å². The summed E-state index contributed by atoms with van der Waals surface area (Å²) in [5.41, 5.74) is 1.04. The summed E-state index contributed by atoms with van der Waals surface area (Å²) < 4.78 is 6.24. The van der Waals surface area contributed by atoms with Crippen molar-refractivity contribution in [2.45, 2.75) is 46.1 Å². The van der Waals surface area contributed by atoms with Crippen molar-refractivity contribution < 1.29 is 4.74 Å². The predicted octanol–water partition coefficient (Wildman–Crippen LogP) is 4.81. The van der Waals surface area contributed by atoms with E-state index in [4.69, 9.17) is 16.3 Å². The molecule has 106 valence electrons. The van der Waals surface area contributed by atoms with Gasteiger partial charge < -0.3 is 4.74 Å². The molecule has 2 aliphatic rings. The standard InChI is InChI=1S/C17H20ClNO/c1-16(2)12-6-7-17(16,3)15(9-12)20-14-5-4-13(18)8-11(14)10-19/h4-5,8,12,15H,6-7,9H2,1-3H3. The number of nitriles is 1. The maximum absolute atomic E-state index is 9.23. The maximum atomic E-state index is 9.23. The van der Waals surface area contributed by atoms with Gasteiger partial charge in [-0.15, -0.1) is 0 Å². The largest absolute Gasteiger partial charge is 0.488 e. The first-order valence-electron chi connectivity index (χ1n) is 7.25. The smallest absolute Gasteiger partial charge is 0.137 e. The number of rotatable bonds is 2. The van der Waals surface area contributed by atoms with E-state index in [-0.39, 0.29) is 11.5 Å². The van der Waals surface area contributed by atoms with Crippen molar-refractivity contribution in [3.63, 3.8) is 0 Å². The third-order valence-corrected chi connectivity index (χ3v) is 6.28. The van der Waals surface area contributed by atoms with Crippen LogP contribution in [-0.2, 0) is 0 Å². The first-order chi connectivity index (χ1) is 9.38. The van der Waals surface area contributed by atoms with Gasteiger partial charge in [-0.3, -0.25) is 0 Å². The van der Waals surface area contributed by atoms with Gasteiger partial charge in [0.2, 0.25) is 0 Å². The Morgan fingerprint density at radius 1 is 1.35 bits per heavy atom. The van der Waals surface area contributed by atoms with Crippen molar-refractivity contribution in [2.24, 2.45) is 16.7 Å². The molecule has 2 fully saturated rings. The Hall–Kier alpha value is -1.20. The Morgan fingerprint density at radius 2 is 2.10 bits per heavy atom. The van der Waals surface area contributed by atoms with Crippen LogP contribution in [0.4, 0.5) is 0 Å². The van der Waals surface area contributed by atoms with Crippen LogP contribution in [0.15, 0.2) is 18.2 Å². The minimum absolute atomic E-state index is 0.198. The molecule has 2 aliphatic carbocycles. The van der Waals surface area contributed by atoms with Crippen molar-refractivity contribution in [1.29, 1.82) is 5.26 Å². The minimum Gasteiger partial charge on any atom is -0.488 e. The van der Waals surface area contributed by atoms with Gasteiger partial charge in [-0.2, -0.15) is 5.26 Å². The Labute approximate surface area is 125 Å². The van der Waals surface area contributed by atoms with E-state index in [0.29, 0.717) is 21.8 Å². The van der Waals surface area contributed by atoms with Gasteiger partial charge >= 0.3 is 0 Å². The molecule has 1 aromatic rings. The fraction of sp³-hybridized carbons (Fsp3) is 0.588. The van der Waals surface area contributed by atoms with E-state index in [2.05, 4.69) is 26.8 Å². The molecule has 3 rings (SSSR count). The second kappa shape index (κ2) is 4.40. The molecular formula is C17H20ClNO. The van der Waals surface area contributed by atoms with Crippen molar-refractivity contribution in [2.75, 3.05) is 0 Å². The van der Waals surface area contributed by atoms with Crippen molar-refractivity contribution in [1.82, 2.24) is 0 Å². The first-order valence-corrected chi connectivity index (χ1v) is 7.62. The summed E-state index contributed by atoms with van der Waals surface area (Å²) in [6, 6.07) is 7.47. The zero-order chi connectivity index (χ0) is 14.5. The highest BCUT2D eigenvalue weighted by Crippen LogP contribution is 2.66. The van der Waals surface area contributed by atoms with Gasteiger partial charge in [-0.25, -0.2) is 0 Å². The molecule has 3 heteroatoms. The van der Waals surface area contributed by atoms with E-state index in [0.717, 1.165) is 12.3 Å². The number of fused-ring (bicyclic) bond motifs is 2. The van der Waals surface area contributed by atoms with E-state index in [9.17, 15) is 5.26 Å². The molecule has 0 heterocycles. The summed E-state index contributed by atoms with van der Waals surface area (Å²) >= 11 is 5.94. The van der Waals surface area contributed by atoms with Crippen LogP contribution in [0.5, 0.6) is 5.75 Å². The Kier molecular flexibility index (Phi) is 3.03. The Morgan fingerprint density at radius 3 is 2.65 bits per heavy atom. The second-order valence-corrected chi connectivity index (χ2v) is 7.41. The minimum atomic E-state index is 0.198. The van der Waals surface area contributed by atoms with E-state index in [1.165, 1.54) is 12.8 Å². The summed E-state index contributed by atoms with van der Waals surface area (Å²) in [5, 5.41) is 9.80. The van der Waals surface area contributed by atoms with Gasteiger partial charge in [-0.1, -0.05) is 32.4 Å². The lowest BCUT2D eigenvalue weighted by molar-refractivity contribution is 0.0300. The average Bonchev–Trinajstić information content (AvgIpc) is 2.74. The number of ether oxygens (including phenoxy) is 1. The van der Waals surface area contributed by atoms with Gasteiger partial charge in [0.1, 0.15) is 17.9 Å². The van der Waals surface area contributed by atoms with E-state index < -0.39 is 0 Å². The van der Waals surface area contributed by atoms with Crippen LogP contribution in [0.25, 0.3) is 0 Å². The molecule has 2 saturated carbocycles. The molecule has 0 aromatic heterocycles. The third kappa shape index (κ3) is 1.76. The van der Waals surface area contributed by atoms with Gasteiger partial charge in [0.15, 0.2) is 0 Å². The van der Waals surface area contributed by atoms with Crippen LogP contribution in [0.2, 0.25) is 5.02 Å². The van der Waals surface area contributed by atoms with Crippen molar-refractivity contribution >= 4 is 11.6 Å². The third-order valence-electron chi connectivity index (χ3n) is 6.05. The molecule has 3 unspecified atom stereocenters. The zero-order valence-electron chi connectivity index (χ0n) is 12.2. The lowest BCUT2D eigenvalue weighted by Crippen LogP contribution is -2.39. The molecule has 0 N–H and O–H groups in total. The molecule has 3 atom stereocenters. The predicted molar refractivity (Wildman–Crippen MR) is 79.8 cm³/mol. The molecular weight excluding hydrogens is 270 g/mol. The van der Waals surface area contributed by atoms with Crippen LogP contribution in [-0.4, -0.2) is 6.10 Å². The van der Waals surface area contributed by atoms with Crippen molar-refractivity contribution in [3.8, 4) is 11.8 Å². The summed E-state index contributed by atoms with van der Waals surface area (Å²) in [7, 11) is 0. The summed E-state index contributed by atoms with van der Waals surface area (Å²) in [4.78, 5) is 0. The van der Waals surface area contributed by atoms with Crippen molar-refractivity contribution in [3.05, 3.63) is 28.8 Å². The lowest BCUT2D eigenvalue weighted by Gasteiger charge is -2.39. The number of nitrogens with zero attached hydrogens (tertiary/aromatic N) is 1. The van der Waals surface area contributed by atoms with Gasteiger partial charge in [0.25, 0.3) is 0 Å². The number of hydrogen-bond acceptors (Lipinski definition) is 2. The normalized spacial score (nSPS) is 34.0. The lowest BCUT2D eigenvalue weighted by atomic mass is 9.70. The highest BCUT2D eigenvalue weighted by molar-refractivity contribution is 6.30. The summed E-state index contributed by atoms with van der Waals surface area (Å²) in [5.74, 6) is 1.40. The van der Waals surface area contributed by atoms with Gasteiger partial charge in [0.05, 0.1) is 5.56 Å². The highest BCUT2D eigenvalue weighted by Gasteiger charge is 2.62. The zero-order valence-corrected chi connectivity index (χ0v) is 13.0. The number of hydrogen-bond donors (Lipinski definition) is 0. The molecule has 0 spiro atoms. The quantitative estimate of drug-likeness (QED) is 0.783. The molecule has 2 bridgehead atoms. The Bertz CT molecular complexity index is 589. The number of benzene rings is 1. The SMILES string of the molecule is CC1(C)C2CCC1(C)C(Oc1ccc(Cl)cc1C#N)C2. The topological polar surface area (TPSA) is 33.0 Å². The van der Waals surface area contributed by atoms with Crippen LogP contribution in [0.1, 0.15) is 45.6 Å². The Balaban J connectivity index is 1.89. The highest BCUT2D eigenvalue weighted by atomic mass is 35.5. The molecule has 1 aromatic carbocycles. The molecule has 0 amide bonds. The number of halogens is 1. The summed E-state index contributed by atoms with van der Waals surface area (Å²) in [6.45, 7) is 7.06. The monoisotopic (exact) mass is 289 g/mol. The van der Waals surface area contributed by atoms with Crippen LogP contribution < -0.4 is 4.74 Å². The molecule has 2 nitrogen and oxygen atoms in total. The fourth-order valence-electron chi connectivity index (χ4n) is 4.15. The average molecular weight is 290 g/mol.